The highest BCUT2D eigenvalue weighted by Gasteiger charge is 2.38. The fourth-order valence-corrected chi connectivity index (χ4v) is 2.57. The molecule has 1 aromatic carbocycles. The van der Waals surface area contributed by atoms with Gasteiger partial charge in [0.1, 0.15) is 18.8 Å². The van der Waals surface area contributed by atoms with Gasteiger partial charge in [0, 0.05) is 13.1 Å². The molecule has 1 aromatic rings. The summed E-state index contributed by atoms with van der Waals surface area (Å²) in [6.07, 6.45) is 0. The van der Waals surface area contributed by atoms with Gasteiger partial charge in [0.05, 0.1) is 5.56 Å². The highest BCUT2D eigenvalue weighted by atomic mass is 35.7. The molecule has 0 saturated heterocycles. The minimum atomic E-state index is -4.94. The third kappa shape index (κ3) is 6.62. The maximum Gasteiger partial charge on any atom is 0.230 e. The largest absolute Gasteiger partial charge is 0.366 e. The van der Waals surface area contributed by atoms with E-state index in [9.17, 15) is 0 Å². The molecule has 6 nitrogen and oxygen atoms in total. The Morgan fingerprint density at radius 2 is 1.27 bits per heavy atom. The van der Waals surface area contributed by atoms with Crippen LogP contribution >= 0.6 is 0 Å². The maximum atomic E-state index is 8.49. The molecule has 0 saturated carbocycles. The van der Waals surface area contributed by atoms with Crippen LogP contribution in [0.15, 0.2) is 0 Å². The van der Waals surface area contributed by atoms with E-state index >= 15 is 0 Å². The van der Waals surface area contributed by atoms with Crippen LogP contribution in [0.25, 0.3) is 0 Å². The maximum absolute atomic E-state index is 8.49. The Bertz CT molecular complexity index is 464. The first kappa shape index (κ1) is 21.3. The van der Waals surface area contributed by atoms with Crippen molar-refractivity contribution in [3.63, 3.8) is 0 Å². The predicted molar refractivity (Wildman–Crippen MR) is 77.4 cm³/mol. The van der Waals surface area contributed by atoms with Crippen molar-refractivity contribution >= 4 is 5.69 Å². The summed E-state index contributed by atoms with van der Waals surface area (Å²) < 4.78 is 36.5. The number of halogens is 1. The van der Waals surface area contributed by atoms with Crippen LogP contribution in [0.4, 0.5) is 5.69 Å². The van der Waals surface area contributed by atoms with Crippen molar-refractivity contribution in [3.05, 3.63) is 10.9 Å². The van der Waals surface area contributed by atoms with Gasteiger partial charge in [0.15, 0.2) is 0 Å². The Hall–Kier alpha value is -0.660. The van der Waals surface area contributed by atoms with Gasteiger partial charge >= 0.3 is 0 Å². The lowest BCUT2D eigenvalue weighted by molar-refractivity contribution is -2.00. The number of hydrogen-bond donors (Lipinski definition) is 0. The van der Waals surface area contributed by atoms with Crippen LogP contribution in [0, 0.1) is 10.2 Å². The first-order chi connectivity index (χ1) is 9.92. The van der Waals surface area contributed by atoms with E-state index in [2.05, 4.69) is 57.9 Å². The van der Waals surface area contributed by atoms with E-state index < -0.39 is 10.2 Å². The van der Waals surface area contributed by atoms with E-state index in [-0.39, 0.29) is 5.41 Å². The van der Waals surface area contributed by atoms with Gasteiger partial charge in [-0.2, -0.15) is 0 Å². The van der Waals surface area contributed by atoms with Crippen molar-refractivity contribution in [1.82, 2.24) is 4.58 Å². The van der Waals surface area contributed by atoms with Gasteiger partial charge in [-0.25, -0.2) is 23.2 Å². The molecule has 0 atom stereocenters. The van der Waals surface area contributed by atoms with Crippen LogP contribution in [-0.2, 0) is 5.41 Å². The molecular formula is C15H29ClN2O4. The average molecular weight is 337 g/mol. The summed E-state index contributed by atoms with van der Waals surface area (Å²) in [6.45, 7) is 20.4. The van der Waals surface area contributed by atoms with Crippen LogP contribution in [0.1, 0.15) is 54.0 Å². The summed E-state index contributed by atoms with van der Waals surface area (Å²) >= 11 is 0. The molecule has 1 rings (SSSR count). The van der Waals surface area contributed by atoms with E-state index in [0.29, 0.717) is 0 Å². The van der Waals surface area contributed by atoms with Crippen LogP contribution in [0.2, 0.25) is 0 Å². The van der Waals surface area contributed by atoms with Crippen LogP contribution in [0.3, 0.4) is 0 Å². The Balaban J connectivity index is 0.000000763. The Kier molecular flexibility index (Phi) is 8.02. The zero-order valence-electron chi connectivity index (χ0n) is 14.7. The third-order valence-electron chi connectivity index (χ3n) is 3.54. The molecule has 130 valence electrons. The van der Waals surface area contributed by atoms with E-state index in [1.54, 1.807) is 5.56 Å². The highest BCUT2D eigenvalue weighted by molar-refractivity contribution is 5.68. The topological polar surface area (TPSA) is 98.5 Å². The SMILES string of the molecule is CCN(CC)c1c(C(C)(C)C)c1=[N+](CC)CC.[O-][Cl+3]([O-])([O-])[O-]. The molecule has 0 aliphatic rings. The fraction of sp³-hybridized carbons (Fsp3) is 0.800. The van der Waals surface area contributed by atoms with Crippen molar-refractivity contribution < 1.29 is 28.9 Å². The molecule has 7 heteroatoms. The standard InChI is InChI=1S/C15H29N2.ClHO4/c1-8-16(9-2)13-12(15(5,6)7)14(13)17(10-3)11-4;2-1(3,4)5/h8-11H2,1-7H3;(H,2,3,4,5)/q+1;/p-1. The molecule has 0 aliphatic heterocycles. The van der Waals surface area contributed by atoms with Gasteiger partial charge < -0.3 is 4.90 Å². The second-order valence-corrected chi connectivity index (χ2v) is 6.80. The van der Waals surface area contributed by atoms with Crippen LogP contribution in [0.5, 0.6) is 0 Å². The molecule has 0 aromatic heterocycles. The molecule has 0 radical (unpaired) electrons. The minimum Gasteiger partial charge on any atom is -0.366 e. The van der Waals surface area contributed by atoms with Crippen LogP contribution in [-0.4, -0.2) is 26.2 Å². The van der Waals surface area contributed by atoms with Gasteiger partial charge in [0.2, 0.25) is 5.36 Å². The van der Waals surface area contributed by atoms with Gasteiger partial charge in [-0.05, 0) is 33.1 Å². The second-order valence-electron chi connectivity index (χ2n) is 6.04. The van der Waals surface area contributed by atoms with Crippen molar-refractivity contribution in [2.75, 3.05) is 31.1 Å². The number of rotatable bonds is 5. The first-order valence-electron chi connectivity index (χ1n) is 7.66. The third-order valence-corrected chi connectivity index (χ3v) is 3.54. The second kappa shape index (κ2) is 8.26. The molecule has 0 unspecified atom stereocenters. The lowest BCUT2D eigenvalue weighted by Gasteiger charge is -2.17. The zero-order chi connectivity index (χ0) is 17.7. The summed E-state index contributed by atoms with van der Waals surface area (Å²) in [6, 6.07) is 0. The Morgan fingerprint density at radius 1 is 0.909 bits per heavy atom. The smallest absolute Gasteiger partial charge is 0.230 e. The molecule has 0 heterocycles. The van der Waals surface area contributed by atoms with Crippen molar-refractivity contribution in [2.24, 2.45) is 0 Å². The molecule has 0 amide bonds. The quantitative estimate of drug-likeness (QED) is 0.566. The molecular weight excluding hydrogens is 308 g/mol. The van der Waals surface area contributed by atoms with Crippen LogP contribution < -0.4 is 33.5 Å². The van der Waals surface area contributed by atoms with E-state index in [1.165, 1.54) is 11.0 Å². The van der Waals surface area contributed by atoms with Crippen molar-refractivity contribution in [3.8, 4) is 0 Å². The summed E-state index contributed by atoms with van der Waals surface area (Å²) in [7, 11) is -4.94. The van der Waals surface area contributed by atoms with Gasteiger partial charge in [0.25, 0.3) is 0 Å². The average Bonchev–Trinajstić information content (AvgIpc) is 3.05. The van der Waals surface area contributed by atoms with Gasteiger partial charge in [-0.3, -0.25) is 0 Å². The number of anilines is 1. The fourth-order valence-electron chi connectivity index (χ4n) is 2.57. The van der Waals surface area contributed by atoms with Gasteiger partial charge in [-0.15, -0.1) is 10.2 Å². The lowest BCUT2D eigenvalue weighted by Crippen LogP contribution is -2.68. The number of nitrogens with zero attached hydrogens (tertiary/aromatic N) is 2. The summed E-state index contributed by atoms with van der Waals surface area (Å²) in [5.74, 6) is 0. The van der Waals surface area contributed by atoms with E-state index in [1.807, 2.05) is 0 Å². The van der Waals surface area contributed by atoms with E-state index in [0.717, 1.165) is 26.2 Å². The first-order valence-corrected chi connectivity index (χ1v) is 8.89. The highest BCUT2D eigenvalue weighted by Crippen LogP contribution is 2.34. The molecule has 22 heavy (non-hydrogen) atoms. The summed E-state index contributed by atoms with van der Waals surface area (Å²) in [5.41, 5.74) is 3.37. The normalized spacial score (nSPS) is 12.1. The van der Waals surface area contributed by atoms with Gasteiger partial charge in [-0.1, -0.05) is 20.8 Å². The lowest BCUT2D eigenvalue weighted by atomic mass is 9.93. The summed E-state index contributed by atoms with van der Waals surface area (Å²) in [5, 5.41) is 1.52. The predicted octanol–water partition coefficient (Wildman–Crippen LogP) is -2.24. The Morgan fingerprint density at radius 3 is 1.50 bits per heavy atom. The molecule has 0 aliphatic carbocycles. The van der Waals surface area contributed by atoms with Crippen molar-refractivity contribution in [1.29, 1.82) is 0 Å². The molecule has 0 fully saturated rings. The number of hydrogen-bond acceptors (Lipinski definition) is 5. The summed E-state index contributed by atoms with van der Waals surface area (Å²) in [4.78, 5) is 2.49. The Labute approximate surface area is 135 Å². The zero-order valence-corrected chi connectivity index (χ0v) is 15.5. The molecule has 0 spiro atoms. The monoisotopic (exact) mass is 336 g/mol. The molecule has 0 N–H and O–H groups in total. The minimum absolute atomic E-state index is 0.274. The molecule has 0 bridgehead atoms. The van der Waals surface area contributed by atoms with E-state index in [4.69, 9.17) is 18.6 Å². The van der Waals surface area contributed by atoms with Crippen molar-refractivity contribution in [2.45, 2.75) is 53.9 Å².